The van der Waals surface area contributed by atoms with E-state index in [4.69, 9.17) is 4.74 Å². The number of esters is 1. The zero-order valence-corrected chi connectivity index (χ0v) is 16.6. The average Bonchev–Trinajstić information content (AvgIpc) is 2.52. The van der Waals surface area contributed by atoms with Crippen LogP contribution in [0.1, 0.15) is 33.6 Å². The molecule has 0 spiro atoms. The Hall–Kier alpha value is -1.06. The van der Waals surface area contributed by atoms with Gasteiger partial charge in [-0.05, 0) is 33.6 Å². The number of amides is 1. The fraction of sp³-hybridized carbons (Fsp3) is 0.800. The van der Waals surface area contributed by atoms with Gasteiger partial charge in [0.25, 0.3) is 0 Å². The number of carbonyl (C=O) groups is 2. The van der Waals surface area contributed by atoms with Crippen LogP contribution >= 0.6 is 24.0 Å². The number of aliphatic imine (C=N–C) groups is 1. The fourth-order valence-corrected chi connectivity index (χ4v) is 2.45. The van der Waals surface area contributed by atoms with E-state index in [0.717, 1.165) is 25.9 Å². The Morgan fingerprint density at radius 3 is 2.52 bits per heavy atom. The molecule has 0 aromatic rings. The van der Waals surface area contributed by atoms with Gasteiger partial charge in [0.05, 0.1) is 12.5 Å². The topological polar surface area (TPSA) is 83.0 Å². The summed E-state index contributed by atoms with van der Waals surface area (Å²) in [6.07, 6.45) is 1.75. The Kier molecular flexibility index (Phi) is 11.8. The highest BCUT2D eigenvalue weighted by molar-refractivity contribution is 14.0. The normalized spacial score (nSPS) is 18.0. The molecule has 0 radical (unpaired) electrons. The number of likely N-dealkylation sites (tertiary alicyclic amines) is 1. The Bertz CT molecular complexity index is 404. The van der Waals surface area contributed by atoms with Crippen molar-refractivity contribution in [3.05, 3.63) is 0 Å². The quantitative estimate of drug-likeness (QED) is 0.279. The summed E-state index contributed by atoms with van der Waals surface area (Å²) in [6, 6.07) is 0. The first kappa shape index (κ1) is 21.9. The first-order valence-electron chi connectivity index (χ1n) is 8.08. The zero-order valence-electron chi connectivity index (χ0n) is 14.3. The molecule has 23 heavy (non-hydrogen) atoms. The molecule has 1 atom stereocenters. The predicted molar refractivity (Wildman–Crippen MR) is 101 cm³/mol. The second-order valence-corrected chi connectivity index (χ2v) is 5.16. The maximum absolute atomic E-state index is 11.9. The summed E-state index contributed by atoms with van der Waals surface area (Å²) in [7, 11) is 0. The van der Waals surface area contributed by atoms with Crippen LogP contribution in [0.5, 0.6) is 0 Å². The molecule has 1 unspecified atom stereocenters. The van der Waals surface area contributed by atoms with Gasteiger partial charge in [0, 0.05) is 26.2 Å². The molecule has 0 bridgehead atoms. The number of likely N-dealkylation sites (N-methyl/N-ethyl adjacent to an activating group) is 1. The summed E-state index contributed by atoms with van der Waals surface area (Å²) >= 11 is 0. The van der Waals surface area contributed by atoms with Crippen LogP contribution in [-0.2, 0) is 14.3 Å². The lowest BCUT2D eigenvalue weighted by Gasteiger charge is -2.33. The molecular weight excluding hydrogens is 411 g/mol. The Balaban J connectivity index is 0.00000484. The van der Waals surface area contributed by atoms with Crippen molar-refractivity contribution in [2.75, 3.05) is 39.3 Å². The third-order valence-electron chi connectivity index (χ3n) is 3.42. The molecule has 1 amide bonds. The number of guanidine groups is 1. The van der Waals surface area contributed by atoms with Gasteiger partial charge >= 0.3 is 5.97 Å². The van der Waals surface area contributed by atoms with E-state index in [1.807, 2.05) is 25.7 Å². The highest BCUT2D eigenvalue weighted by Gasteiger charge is 2.28. The van der Waals surface area contributed by atoms with E-state index in [1.54, 1.807) is 0 Å². The molecular formula is C15H29IN4O3. The summed E-state index contributed by atoms with van der Waals surface area (Å²) in [5, 5.41) is 5.91. The number of nitrogens with one attached hydrogen (secondary N) is 2. The fourth-order valence-electron chi connectivity index (χ4n) is 2.45. The van der Waals surface area contributed by atoms with E-state index < -0.39 is 0 Å². The predicted octanol–water partition coefficient (Wildman–Crippen LogP) is 0.981. The lowest BCUT2D eigenvalue weighted by Crippen LogP contribution is -2.48. The molecule has 0 aliphatic carbocycles. The lowest BCUT2D eigenvalue weighted by atomic mass is 9.98. The van der Waals surface area contributed by atoms with Crippen molar-refractivity contribution in [2.24, 2.45) is 10.9 Å². The molecule has 0 aromatic heterocycles. The number of hydrogen-bond acceptors (Lipinski definition) is 4. The number of nitrogens with zero attached hydrogens (tertiary/aromatic N) is 2. The number of ether oxygens (including phenoxy) is 1. The van der Waals surface area contributed by atoms with E-state index in [-0.39, 0.29) is 48.3 Å². The van der Waals surface area contributed by atoms with Crippen molar-refractivity contribution in [1.82, 2.24) is 15.5 Å². The molecule has 2 N–H and O–H groups in total. The molecule has 1 heterocycles. The van der Waals surface area contributed by atoms with Crippen molar-refractivity contribution < 1.29 is 14.3 Å². The lowest BCUT2D eigenvalue weighted by molar-refractivity contribution is -0.149. The van der Waals surface area contributed by atoms with Crippen molar-refractivity contribution in [3.8, 4) is 0 Å². The monoisotopic (exact) mass is 440 g/mol. The van der Waals surface area contributed by atoms with Gasteiger partial charge in [-0.1, -0.05) is 0 Å². The molecule has 1 saturated heterocycles. The average molecular weight is 440 g/mol. The van der Waals surface area contributed by atoms with Crippen molar-refractivity contribution in [2.45, 2.75) is 33.6 Å². The first-order valence-corrected chi connectivity index (χ1v) is 8.08. The maximum Gasteiger partial charge on any atom is 0.310 e. The maximum atomic E-state index is 11.9. The number of hydrogen-bond donors (Lipinski definition) is 2. The van der Waals surface area contributed by atoms with Crippen molar-refractivity contribution in [1.29, 1.82) is 0 Å². The number of piperidine rings is 1. The van der Waals surface area contributed by atoms with Crippen LogP contribution in [-0.4, -0.2) is 62.1 Å². The largest absolute Gasteiger partial charge is 0.466 e. The summed E-state index contributed by atoms with van der Waals surface area (Å²) in [5.74, 6) is 0.313. The van der Waals surface area contributed by atoms with Gasteiger partial charge in [-0.3, -0.25) is 9.59 Å². The number of carbonyl (C=O) groups excluding carboxylic acids is 2. The van der Waals surface area contributed by atoms with Crippen LogP contribution in [0.2, 0.25) is 0 Å². The molecule has 134 valence electrons. The van der Waals surface area contributed by atoms with Crippen molar-refractivity contribution in [3.63, 3.8) is 0 Å². The van der Waals surface area contributed by atoms with E-state index in [0.29, 0.717) is 25.7 Å². The number of halogens is 1. The van der Waals surface area contributed by atoms with Crippen LogP contribution in [0.4, 0.5) is 0 Å². The van der Waals surface area contributed by atoms with Crippen LogP contribution < -0.4 is 10.6 Å². The zero-order chi connectivity index (χ0) is 16.4. The molecule has 1 aliphatic heterocycles. The van der Waals surface area contributed by atoms with Gasteiger partial charge in [-0.2, -0.15) is 0 Å². The molecule has 1 aliphatic rings. The third kappa shape index (κ3) is 7.85. The highest BCUT2D eigenvalue weighted by atomic mass is 127. The summed E-state index contributed by atoms with van der Waals surface area (Å²) in [5.41, 5.74) is 0. The van der Waals surface area contributed by atoms with Crippen molar-refractivity contribution >= 4 is 41.8 Å². The molecule has 1 fully saturated rings. The number of rotatable bonds is 6. The molecule has 7 nitrogen and oxygen atoms in total. The molecule has 8 heteroatoms. The molecule has 0 aromatic carbocycles. The minimum Gasteiger partial charge on any atom is -0.466 e. The van der Waals surface area contributed by atoms with Crippen LogP contribution in [0.25, 0.3) is 0 Å². The third-order valence-corrected chi connectivity index (χ3v) is 3.42. The van der Waals surface area contributed by atoms with Gasteiger partial charge in [-0.25, -0.2) is 4.99 Å². The van der Waals surface area contributed by atoms with Crippen LogP contribution in [0.3, 0.4) is 0 Å². The minimum atomic E-state index is -0.147. The van der Waals surface area contributed by atoms with Crippen LogP contribution in [0.15, 0.2) is 4.99 Å². The summed E-state index contributed by atoms with van der Waals surface area (Å²) < 4.78 is 5.11. The minimum absolute atomic E-state index is 0. The van der Waals surface area contributed by atoms with Crippen LogP contribution in [0, 0.1) is 5.92 Å². The summed E-state index contributed by atoms with van der Waals surface area (Å²) in [4.78, 5) is 29.9. The Morgan fingerprint density at radius 2 is 1.91 bits per heavy atom. The van der Waals surface area contributed by atoms with Gasteiger partial charge in [-0.15, -0.1) is 24.0 Å². The highest BCUT2D eigenvalue weighted by Crippen LogP contribution is 2.18. The Labute approximate surface area is 155 Å². The molecule has 1 rings (SSSR count). The van der Waals surface area contributed by atoms with E-state index in [1.165, 1.54) is 0 Å². The summed E-state index contributed by atoms with van der Waals surface area (Å²) in [6.45, 7) is 8.90. The first-order chi connectivity index (χ1) is 10.6. The van der Waals surface area contributed by atoms with E-state index in [2.05, 4.69) is 15.6 Å². The molecule has 0 saturated carbocycles. The van der Waals surface area contributed by atoms with Gasteiger partial charge in [0.1, 0.15) is 6.54 Å². The van der Waals surface area contributed by atoms with Gasteiger partial charge in [0.2, 0.25) is 5.91 Å². The van der Waals surface area contributed by atoms with Gasteiger partial charge < -0.3 is 20.3 Å². The SMILES string of the molecule is CCNC(=O)CN=C(NCC)N1CCCC(C(=O)OCC)C1.I. The second-order valence-electron chi connectivity index (χ2n) is 5.16. The standard InChI is InChI=1S/C15H28N4O3.HI/c1-4-16-13(20)10-18-15(17-5-2)19-9-7-8-12(11-19)14(21)22-6-3;/h12H,4-11H2,1-3H3,(H,16,20)(H,17,18);1H. The van der Waals surface area contributed by atoms with E-state index in [9.17, 15) is 9.59 Å². The Morgan fingerprint density at radius 1 is 1.22 bits per heavy atom. The van der Waals surface area contributed by atoms with E-state index >= 15 is 0 Å². The smallest absolute Gasteiger partial charge is 0.310 e. The second kappa shape index (κ2) is 12.4. The van der Waals surface area contributed by atoms with Gasteiger partial charge in [0.15, 0.2) is 5.96 Å².